The molecule has 0 heterocycles. The van der Waals surface area contributed by atoms with Crippen molar-refractivity contribution in [2.45, 2.75) is 33.7 Å². The van der Waals surface area contributed by atoms with E-state index in [-0.39, 0.29) is 11.5 Å². The van der Waals surface area contributed by atoms with Gasteiger partial charge in [0.05, 0.1) is 0 Å². The van der Waals surface area contributed by atoms with Crippen LogP contribution in [0.3, 0.4) is 0 Å². The monoisotopic (exact) mass is 143 g/mol. The molecule has 0 rings (SSSR count). The predicted octanol–water partition coefficient (Wildman–Crippen LogP) is 0.913. The number of hydrogen-bond acceptors (Lipinski definition) is 2. The largest absolute Gasteiger partial charge is 0.330 e. The maximum absolute atomic E-state index is 5.71. The van der Waals surface area contributed by atoms with Gasteiger partial charge in [-0.1, -0.05) is 20.8 Å². The average molecular weight is 143 g/mol. The van der Waals surface area contributed by atoms with Gasteiger partial charge in [-0.05, 0) is 24.8 Å². The summed E-state index contributed by atoms with van der Waals surface area (Å²) < 4.78 is 0. The lowest BCUT2D eigenvalue weighted by Gasteiger charge is -2.32. The highest BCUT2D eigenvalue weighted by Crippen LogP contribution is 2.28. The molecule has 0 saturated carbocycles. The lowest BCUT2D eigenvalue weighted by atomic mass is 9.77. The minimum Gasteiger partial charge on any atom is -0.330 e. The summed E-state index contributed by atoms with van der Waals surface area (Å²) in [5.74, 6) is 1.27. The molecule has 0 aliphatic carbocycles. The topological polar surface area (TPSA) is 52.0 Å². The van der Waals surface area contributed by atoms with Crippen LogP contribution >= 0.6 is 0 Å². The first-order valence-electron chi connectivity index (χ1n) is 3.71. The zero-order chi connectivity index (χ0) is 8.36. The molecular formula is C8H19N2. The standard InChI is InChI=1S/C8H19N2/c1-6(7(2)10)8(3,4)5-9/h7H,5,9-10H2,1-4H3. The molecule has 0 saturated heterocycles. The second-order valence-corrected chi connectivity index (χ2v) is 3.56. The summed E-state index contributed by atoms with van der Waals surface area (Å²) >= 11 is 0. The van der Waals surface area contributed by atoms with E-state index in [1.165, 1.54) is 5.92 Å². The van der Waals surface area contributed by atoms with E-state index < -0.39 is 0 Å². The molecule has 1 radical (unpaired) electrons. The second-order valence-electron chi connectivity index (χ2n) is 3.56. The molecule has 61 valence electrons. The van der Waals surface area contributed by atoms with E-state index in [0.29, 0.717) is 6.54 Å². The van der Waals surface area contributed by atoms with Gasteiger partial charge in [-0.15, -0.1) is 0 Å². The molecule has 0 aliphatic heterocycles. The molecule has 1 unspecified atom stereocenters. The van der Waals surface area contributed by atoms with Gasteiger partial charge in [0.15, 0.2) is 0 Å². The highest BCUT2D eigenvalue weighted by atomic mass is 14.7. The van der Waals surface area contributed by atoms with Gasteiger partial charge < -0.3 is 11.5 Å². The molecule has 10 heavy (non-hydrogen) atoms. The van der Waals surface area contributed by atoms with Gasteiger partial charge in [-0.2, -0.15) is 0 Å². The normalized spacial score (nSPS) is 15.9. The number of hydrogen-bond donors (Lipinski definition) is 2. The summed E-state index contributed by atoms with van der Waals surface area (Å²) in [5, 5.41) is 0. The van der Waals surface area contributed by atoms with Gasteiger partial charge >= 0.3 is 0 Å². The molecule has 4 N–H and O–H groups in total. The lowest BCUT2D eigenvalue weighted by Crippen LogP contribution is -2.38. The average Bonchev–Trinajstić information content (AvgIpc) is 1.86. The number of rotatable bonds is 3. The van der Waals surface area contributed by atoms with Crippen LogP contribution in [0.5, 0.6) is 0 Å². The third-order valence-electron chi connectivity index (χ3n) is 2.26. The Kier molecular flexibility index (Phi) is 3.33. The fourth-order valence-electron chi connectivity index (χ4n) is 0.777. The molecule has 0 aromatic carbocycles. The SMILES string of the molecule is C[C](C(C)N)C(C)(C)CN. The smallest absolute Gasteiger partial charge is 0.00759 e. The Labute approximate surface area is 64.0 Å². The first kappa shape index (κ1) is 9.92. The van der Waals surface area contributed by atoms with Crippen molar-refractivity contribution in [2.75, 3.05) is 6.54 Å². The Bertz CT molecular complexity index is 97.4. The molecule has 0 aromatic heterocycles. The van der Waals surface area contributed by atoms with Crippen LogP contribution in [0.15, 0.2) is 0 Å². The molecule has 0 spiro atoms. The quantitative estimate of drug-likeness (QED) is 0.617. The molecular weight excluding hydrogens is 124 g/mol. The van der Waals surface area contributed by atoms with Crippen molar-refractivity contribution in [2.24, 2.45) is 16.9 Å². The van der Waals surface area contributed by atoms with Crippen LogP contribution in [0.4, 0.5) is 0 Å². The van der Waals surface area contributed by atoms with Gasteiger partial charge in [0.25, 0.3) is 0 Å². The van der Waals surface area contributed by atoms with Gasteiger partial charge in [0, 0.05) is 6.04 Å². The van der Waals surface area contributed by atoms with Gasteiger partial charge in [0.1, 0.15) is 0 Å². The van der Waals surface area contributed by atoms with Crippen LogP contribution in [0.25, 0.3) is 0 Å². The first-order chi connectivity index (χ1) is 4.41. The van der Waals surface area contributed by atoms with Gasteiger partial charge in [-0.3, -0.25) is 0 Å². The highest BCUT2D eigenvalue weighted by molar-refractivity contribution is 5.05. The Morgan fingerprint density at radius 2 is 1.90 bits per heavy atom. The van der Waals surface area contributed by atoms with Crippen molar-refractivity contribution < 1.29 is 0 Å². The van der Waals surface area contributed by atoms with E-state index in [1.807, 2.05) is 6.92 Å². The fourth-order valence-corrected chi connectivity index (χ4v) is 0.777. The van der Waals surface area contributed by atoms with Crippen LogP contribution in [-0.4, -0.2) is 12.6 Å². The van der Waals surface area contributed by atoms with E-state index in [0.717, 1.165) is 0 Å². The van der Waals surface area contributed by atoms with Crippen molar-refractivity contribution in [1.82, 2.24) is 0 Å². The summed E-state index contributed by atoms with van der Waals surface area (Å²) in [6.45, 7) is 8.96. The molecule has 0 aliphatic rings. The zero-order valence-corrected chi connectivity index (χ0v) is 7.44. The van der Waals surface area contributed by atoms with Crippen LogP contribution < -0.4 is 11.5 Å². The molecule has 0 aromatic rings. The van der Waals surface area contributed by atoms with Crippen LogP contribution in [0, 0.1) is 11.3 Å². The van der Waals surface area contributed by atoms with Crippen LogP contribution in [0.1, 0.15) is 27.7 Å². The Morgan fingerprint density at radius 1 is 1.50 bits per heavy atom. The molecule has 2 nitrogen and oxygen atoms in total. The zero-order valence-electron chi connectivity index (χ0n) is 7.44. The highest BCUT2D eigenvalue weighted by Gasteiger charge is 2.27. The summed E-state index contributed by atoms with van der Waals surface area (Å²) in [5.41, 5.74) is 11.4. The Morgan fingerprint density at radius 3 is 2.00 bits per heavy atom. The van der Waals surface area contributed by atoms with Crippen molar-refractivity contribution in [3.8, 4) is 0 Å². The lowest BCUT2D eigenvalue weighted by molar-refractivity contribution is 0.366. The molecule has 0 amide bonds. The van der Waals surface area contributed by atoms with Crippen LogP contribution in [0.2, 0.25) is 0 Å². The first-order valence-corrected chi connectivity index (χ1v) is 3.71. The Hall–Kier alpha value is -0.0800. The summed E-state index contributed by atoms with van der Waals surface area (Å²) in [6, 6.07) is 0.151. The van der Waals surface area contributed by atoms with E-state index >= 15 is 0 Å². The summed E-state index contributed by atoms with van der Waals surface area (Å²) in [6.07, 6.45) is 0. The molecule has 0 fully saturated rings. The van der Waals surface area contributed by atoms with E-state index in [9.17, 15) is 0 Å². The maximum atomic E-state index is 5.71. The van der Waals surface area contributed by atoms with Gasteiger partial charge in [-0.25, -0.2) is 0 Å². The molecule has 0 bridgehead atoms. The van der Waals surface area contributed by atoms with E-state index in [2.05, 4.69) is 20.8 Å². The summed E-state index contributed by atoms with van der Waals surface area (Å²) in [4.78, 5) is 0. The van der Waals surface area contributed by atoms with E-state index in [1.54, 1.807) is 0 Å². The minimum absolute atomic E-state index is 0.0914. The fraction of sp³-hybridized carbons (Fsp3) is 0.875. The van der Waals surface area contributed by atoms with Crippen molar-refractivity contribution in [3.05, 3.63) is 5.92 Å². The minimum atomic E-state index is 0.0914. The van der Waals surface area contributed by atoms with Crippen LogP contribution in [-0.2, 0) is 0 Å². The number of nitrogens with two attached hydrogens (primary N) is 2. The van der Waals surface area contributed by atoms with E-state index in [4.69, 9.17) is 11.5 Å². The second kappa shape index (κ2) is 3.35. The Balaban J connectivity index is 4.03. The van der Waals surface area contributed by atoms with Crippen molar-refractivity contribution >= 4 is 0 Å². The predicted molar refractivity (Wildman–Crippen MR) is 45.4 cm³/mol. The molecule has 2 heteroatoms. The van der Waals surface area contributed by atoms with Crippen molar-refractivity contribution in [1.29, 1.82) is 0 Å². The molecule has 1 atom stereocenters. The summed E-state index contributed by atoms with van der Waals surface area (Å²) in [7, 11) is 0. The third-order valence-corrected chi connectivity index (χ3v) is 2.26. The van der Waals surface area contributed by atoms with Gasteiger partial charge in [0.2, 0.25) is 0 Å². The van der Waals surface area contributed by atoms with Crippen molar-refractivity contribution in [3.63, 3.8) is 0 Å². The maximum Gasteiger partial charge on any atom is 0.00759 e. The third kappa shape index (κ3) is 2.27.